The van der Waals surface area contributed by atoms with Crippen LogP contribution in [0.3, 0.4) is 0 Å². The predicted octanol–water partition coefficient (Wildman–Crippen LogP) is 2.69. The van der Waals surface area contributed by atoms with Crippen LogP contribution in [0.1, 0.15) is 24.4 Å². The lowest BCUT2D eigenvalue weighted by Crippen LogP contribution is -2.35. The monoisotopic (exact) mass is 389 g/mol. The van der Waals surface area contributed by atoms with E-state index < -0.39 is 6.10 Å². The van der Waals surface area contributed by atoms with Gasteiger partial charge >= 0.3 is 0 Å². The lowest BCUT2D eigenvalue weighted by molar-refractivity contribution is -0.132. The summed E-state index contributed by atoms with van der Waals surface area (Å²) in [6.07, 6.45) is 6.57. The van der Waals surface area contributed by atoms with Gasteiger partial charge in [-0.15, -0.1) is 0 Å². The van der Waals surface area contributed by atoms with E-state index >= 15 is 0 Å². The van der Waals surface area contributed by atoms with Gasteiger partial charge in [-0.3, -0.25) is 4.79 Å². The molecule has 4 rings (SSSR count). The summed E-state index contributed by atoms with van der Waals surface area (Å²) in [6, 6.07) is 5.41. The molecule has 2 aromatic rings. The highest BCUT2D eigenvalue weighted by Gasteiger charge is 2.43. The fourth-order valence-electron chi connectivity index (χ4n) is 4.40. The fraction of sp³-hybridized carbons (Fsp3) is 0.500. The molecule has 0 spiro atoms. The minimum absolute atomic E-state index is 0.00702. The molecule has 2 heterocycles. The summed E-state index contributed by atoms with van der Waals surface area (Å²) in [5.74, 6) is 1.43. The second-order valence-electron chi connectivity index (χ2n) is 7.63. The molecule has 1 aromatic heterocycles. The van der Waals surface area contributed by atoms with Gasteiger partial charge in [0.05, 0.1) is 18.5 Å². The second-order valence-corrected chi connectivity index (χ2v) is 8.07. The molecule has 1 saturated carbocycles. The second kappa shape index (κ2) is 7.52. The Bertz CT molecular complexity index is 811. The third-order valence-electron chi connectivity index (χ3n) is 5.86. The molecule has 0 radical (unpaired) electrons. The van der Waals surface area contributed by atoms with E-state index in [2.05, 4.69) is 4.98 Å². The first-order valence-electron chi connectivity index (χ1n) is 9.33. The summed E-state index contributed by atoms with van der Waals surface area (Å²) in [4.78, 5) is 18.6. The lowest BCUT2D eigenvalue weighted by Gasteiger charge is -2.35. The van der Waals surface area contributed by atoms with E-state index in [0.29, 0.717) is 35.6 Å². The number of ether oxygens (including phenoxy) is 1. The van der Waals surface area contributed by atoms with Crippen LogP contribution < -0.4 is 4.74 Å². The van der Waals surface area contributed by atoms with Crippen LogP contribution in [0.5, 0.6) is 5.75 Å². The first kappa shape index (κ1) is 18.3. The van der Waals surface area contributed by atoms with E-state index in [-0.39, 0.29) is 18.6 Å². The Kier molecular flexibility index (Phi) is 5.10. The summed E-state index contributed by atoms with van der Waals surface area (Å²) in [6.45, 7) is 3.35. The molecule has 1 amide bonds. The van der Waals surface area contributed by atoms with Gasteiger partial charge in [0.1, 0.15) is 5.75 Å². The molecule has 7 heteroatoms. The van der Waals surface area contributed by atoms with Crippen molar-refractivity contribution >= 4 is 17.5 Å². The summed E-state index contributed by atoms with van der Waals surface area (Å²) in [7, 11) is 0. The molecule has 27 heavy (non-hydrogen) atoms. The smallest absolute Gasteiger partial charge is 0.260 e. The standard InChI is InChI=1S/C20H24ClN3O3/c1-13-6-16(21)2-3-19(13)27-11-20(26)24-9-14-7-17(23-5-4-22-12-23)18(25)8-15(14)10-24/h2-6,12,14-15,17-18,25H,7-11H2,1H3/t14-,15+,17-,18-/m1/s1. The van der Waals surface area contributed by atoms with Gasteiger partial charge in [0.2, 0.25) is 0 Å². The van der Waals surface area contributed by atoms with Crippen molar-refractivity contribution in [2.45, 2.75) is 31.9 Å². The summed E-state index contributed by atoms with van der Waals surface area (Å²) >= 11 is 5.96. The molecule has 6 nitrogen and oxygen atoms in total. The maximum Gasteiger partial charge on any atom is 0.260 e. The number of aromatic nitrogens is 2. The van der Waals surface area contributed by atoms with E-state index in [9.17, 15) is 9.90 Å². The van der Waals surface area contributed by atoms with Gasteiger partial charge < -0.3 is 19.3 Å². The number of halogens is 1. The molecule has 1 N–H and O–H groups in total. The Morgan fingerprint density at radius 3 is 2.81 bits per heavy atom. The lowest BCUT2D eigenvalue weighted by atomic mass is 9.77. The number of aliphatic hydroxyl groups is 1. The first-order valence-corrected chi connectivity index (χ1v) is 9.71. The number of fused-ring (bicyclic) bond motifs is 1. The van der Waals surface area contributed by atoms with Gasteiger partial charge in [0, 0.05) is 30.5 Å². The fourth-order valence-corrected chi connectivity index (χ4v) is 4.63. The molecule has 0 unspecified atom stereocenters. The molecule has 2 aliphatic rings. The van der Waals surface area contributed by atoms with Gasteiger partial charge in [-0.05, 0) is 55.4 Å². The van der Waals surface area contributed by atoms with Gasteiger partial charge in [-0.25, -0.2) is 4.98 Å². The minimum Gasteiger partial charge on any atom is -0.483 e. The van der Waals surface area contributed by atoms with E-state index in [0.717, 1.165) is 18.5 Å². The van der Waals surface area contributed by atoms with Crippen LogP contribution in [0.4, 0.5) is 0 Å². The third kappa shape index (κ3) is 3.82. The Morgan fingerprint density at radius 2 is 2.11 bits per heavy atom. The highest BCUT2D eigenvalue weighted by atomic mass is 35.5. The molecule has 1 aromatic carbocycles. The Labute approximate surface area is 163 Å². The normalized spacial score (nSPS) is 27.4. The van der Waals surface area contributed by atoms with E-state index in [1.54, 1.807) is 24.7 Å². The Balaban J connectivity index is 1.35. The van der Waals surface area contributed by atoms with Crippen molar-refractivity contribution in [3.05, 3.63) is 47.5 Å². The van der Waals surface area contributed by atoms with E-state index in [1.165, 1.54) is 0 Å². The van der Waals surface area contributed by atoms with Gasteiger partial charge in [0.25, 0.3) is 5.91 Å². The molecule has 0 bridgehead atoms. The van der Waals surface area contributed by atoms with Crippen LogP contribution >= 0.6 is 11.6 Å². The van der Waals surface area contributed by atoms with Crippen molar-refractivity contribution in [3.8, 4) is 5.75 Å². The molecular formula is C20H24ClN3O3. The molecule has 1 saturated heterocycles. The van der Waals surface area contributed by atoms with Gasteiger partial charge in [-0.2, -0.15) is 0 Å². The number of benzene rings is 1. The van der Waals surface area contributed by atoms with Crippen molar-refractivity contribution in [2.75, 3.05) is 19.7 Å². The van der Waals surface area contributed by atoms with Gasteiger partial charge in [0.15, 0.2) is 6.61 Å². The van der Waals surface area contributed by atoms with Crippen LogP contribution in [-0.4, -0.2) is 51.3 Å². The number of hydrogen-bond acceptors (Lipinski definition) is 4. The van der Waals surface area contributed by atoms with Crippen LogP contribution in [0.15, 0.2) is 36.9 Å². The maximum atomic E-state index is 12.6. The van der Waals surface area contributed by atoms with Crippen molar-refractivity contribution in [1.29, 1.82) is 0 Å². The number of likely N-dealkylation sites (tertiary alicyclic amines) is 1. The number of amides is 1. The molecular weight excluding hydrogens is 366 g/mol. The third-order valence-corrected chi connectivity index (χ3v) is 6.09. The van der Waals surface area contributed by atoms with Crippen LogP contribution in [-0.2, 0) is 4.79 Å². The number of hydrogen-bond donors (Lipinski definition) is 1. The highest BCUT2D eigenvalue weighted by Crippen LogP contribution is 2.41. The van der Waals surface area contributed by atoms with Crippen LogP contribution in [0.25, 0.3) is 0 Å². The van der Waals surface area contributed by atoms with Crippen molar-refractivity contribution in [2.24, 2.45) is 11.8 Å². The minimum atomic E-state index is -0.400. The number of nitrogens with zero attached hydrogens (tertiary/aromatic N) is 3. The quantitative estimate of drug-likeness (QED) is 0.873. The largest absolute Gasteiger partial charge is 0.483 e. The average Bonchev–Trinajstić information content (AvgIpc) is 3.29. The number of imidazole rings is 1. The van der Waals surface area contributed by atoms with E-state index in [4.69, 9.17) is 16.3 Å². The number of carbonyl (C=O) groups excluding carboxylic acids is 1. The molecule has 2 fully saturated rings. The van der Waals surface area contributed by atoms with E-state index in [1.807, 2.05) is 28.7 Å². The molecule has 4 atom stereocenters. The van der Waals surface area contributed by atoms with Crippen LogP contribution in [0.2, 0.25) is 5.02 Å². The maximum absolute atomic E-state index is 12.6. The predicted molar refractivity (Wildman–Crippen MR) is 102 cm³/mol. The zero-order valence-electron chi connectivity index (χ0n) is 15.3. The zero-order valence-corrected chi connectivity index (χ0v) is 16.0. The van der Waals surface area contributed by atoms with Crippen molar-refractivity contribution < 1.29 is 14.6 Å². The van der Waals surface area contributed by atoms with Crippen molar-refractivity contribution in [3.63, 3.8) is 0 Å². The molecule has 1 aliphatic carbocycles. The number of rotatable bonds is 4. The Hall–Kier alpha value is -2.05. The topological polar surface area (TPSA) is 67.6 Å². The SMILES string of the molecule is Cc1cc(Cl)ccc1OCC(=O)N1C[C@H]2C[C@@H](n3ccnc3)[C@H](O)C[C@H]2C1. The number of aliphatic hydroxyl groups excluding tert-OH is 1. The van der Waals surface area contributed by atoms with Crippen molar-refractivity contribution in [1.82, 2.24) is 14.5 Å². The average molecular weight is 390 g/mol. The molecule has 1 aliphatic heterocycles. The zero-order chi connectivity index (χ0) is 19.0. The van der Waals surface area contributed by atoms with Gasteiger partial charge in [-0.1, -0.05) is 11.6 Å². The number of aryl methyl sites for hydroxylation is 1. The summed E-state index contributed by atoms with van der Waals surface area (Å²) in [5, 5.41) is 11.2. The summed E-state index contributed by atoms with van der Waals surface area (Å²) < 4.78 is 7.69. The first-order chi connectivity index (χ1) is 13.0. The highest BCUT2D eigenvalue weighted by molar-refractivity contribution is 6.30. The summed E-state index contributed by atoms with van der Waals surface area (Å²) in [5.41, 5.74) is 0.914. The Morgan fingerprint density at radius 1 is 1.33 bits per heavy atom. The van der Waals surface area contributed by atoms with Crippen LogP contribution in [0, 0.1) is 18.8 Å². The molecule has 144 valence electrons. The number of carbonyl (C=O) groups is 1.